The Kier molecular flexibility index (Phi) is 7.66. The van der Waals surface area contributed by atoms with Gasteiger partial charge in [-0.05, 0) is 110 Å². The van der Waals surface area contributed by atoms with Gasteiger partial charge in [0.25, 0.3) is 0 Å². The Balaban J connectivity index is 1.42. The van der Waals surface area contributed by atoms with Crippen molar-refractivity contribution in [1.82, 2.24) is 5.32 Å². The molecule has 0 aliphatic heterocycles. The predicted molar refractivity (Wildman–Crippen MR) is 135 cm³/mol. The van der Waals surface area contributed by atoms with E-state index in [1.165, 1.54) is 12.8 Å². The third-order valence-electron chi connectivity index (χ3n) is 11.6. The summed E-state index contributed by atoms with van der Waals surface area (Å²) in [5, 5.41) is 34.0. The van der Waals surface area contributed by atoms with Crippen molar-refractivity contribution in [2.45, 2.75) is 117 Å². The second-order valence-corrected chi connectivity index (χ2v) is 13.5. The van der Waals surface area contributed by atoms with E-state index in [0.29, 0.717) is 41.9 Å². The molecule has 4 aliphatic carbocycles. The Bertz CT molecular complexity index is 800. The molecule has 0 aromatic carbocycles. The minimum atomic E-state index is -0.983. The number of carbonyl (C=O) groups is 2. The van der Waals surface area contributed by atoms with Crippen LogP contribution in [0.4, 0.5) is 0 Å². The number of rotatable bonds is 7. The van der Waals surface area contributed by atoms with E-state index in [1.54, 1.807) is 0 Å². The number of nitrogens with one attached hydrogen (secondary N) is 1. The number of hydrogen-bond donors (Lipinski definition) is 4. The molecule has 4 N–H and O–H groups in total. The van der Waals surface area contributed by atoms with E-state index in [2.05, 4.69) is 26.1 Å². The lowest BCUT2D eigenvalue weighted by molar-refractivity contribution is -0.175. The Morgan fingerprint density at radius 3 is 2.34 bits per heavy atom. The fourth-order valence-electron chi connectivity index (χ4n) is 9.48. The van der Waals surface area contributed by atoms with Gasteiger partial charge in [-0.2, -0.15) is 0 Å². The van der Waals surface area contributed by atoms with Crippen LogP contribution >= 0.6 is 0 Å². The lowest BCUT2D eigenvalue weighted by Gasteiger charge is -2.62. The fourth-order valence-corrected chi connectivity index (χ4v) is 9.48. The monoisotopic (exact) mass is 491 g/mol. The number of aliphatic carboxylic acids is 1. The summed E-state index contributed by atoms with van der Waals surface area (Å²) in [4.78, 5) is 24.0. The van der Waals surface area contributed by atoms with Gasteiger partial charge in [-0.15, -0.1) is 0 Å². The van der Waals surface area contributed by atoms with Gasteiger partial charge >= 0.3 is 5.97 Å². The summed E-state index contributed by atoms with van der Waals surface area (Å²) in [7, 11) is 0. The zero-order valence-corrected chi connectivity index (χ0v) is 22.5. The highest BCUT2D eigenvalue weighted by atomic mass is 16.4. The summed E-state index contributed by atoms with van der Waals surface area (Å²) in [5.74, 6) is 1.68. The predicted octanol–water partition coefficient (Wildman–Crippen LogP) is 4.62. The molecule has 0 aromatic heterocycles. The summed E-state index contributed by atoms with van der Waals surface area (Å²) in [6.45, 7) is 10.6. The molecule has 0 bridgehead atoms. The zero-order chi connectivity index (χ0) is 25.7. The lowest BCUT2D eigenvalue weighted by atomic mass is 9.43. The summed E-state index contributed by atoms with van der Waals surface area (Å²) in [6.07, 6.45) is 9.06. The number of amides is 1. The largest absolute Gasteiger partial charge is 0.480 e. The molecule has 4 fully saturated rings. The van der Waals surface area contributed by atoms with Crippen LogP contribution in [0.25, 0.3) is 0 Å². The fraction of sp³-hybridized carbons (Fsp3) is 0.931. The SMILES string of the molecule is CC(C)C(NC(=O)CCC(C)C1CCC2C3CCC4CC(O)CCC4(C)C3CC(O)C12C)C(=O)O. The van der Waals surface area contributed by atoms with Crippen LogP contribution in [0.1, 0.15) is 98.8 Å². The number of hydrogen-bond acceptors (Lipinski definition) is 4. The van der Waals surface area contributed by atoms with Crippen molar-refractivity contribution in [3.63, 3.8) is 0 Å². The van der Waals surface area contributed by atoms with Crippen molar-refractivity contribution in [2.75, 3.05) is 0 Å². The molecule has 11 unspecified atom stereocenters. The van der Waals surface area contributed by atoms with Crippen LogP contribution in [-0.2, 0) is 9.59 Å². The van der Waals surface area contributed by atoms with Gasteiger partial charge < -0.3 is 20.6 Å². The average Bonchev–Trinajstić information content (AvgIpc) is 3.15. The Morgan fingerprint density at radius 1 is 0.971 bits per heavy atom. The van der Waals surface area contributed by atoms with Crippen LogP contribution in [0.15, 0.2) is 0 Å². The lowest BCUT2D eigenvalue weighted by Crippen LogP contribution is -2.58. The molecule has 35 heavy (non-hydrogen) atoms. The minimum Gasteiger partial charge on any atom is -0.480 e. The third kappa shape index (κ3) is 4.67. The Morgan fingerprint density at radius 2 is 1.69 bits per heavy atom. The second kappa shape index (κ2) is 9.96. The van der Waals surface area contributed by atoms with Crippen molar-refractivity contribution < 1.29 is 24.9 Å². The molecule has 4 aliphatic rings. The zero-order valence-electron chi connectivity index (χ0n) is 22.5. The highest BCUT2D eigenvalue weighted by Crippen LogP contribution is 2.68. The molecule has 0 aromatic rings. The van der Waals surface area contributed by atoms with E-state index >= 15 is 0 Å². The highest BCUT2D eigenvalue weighted by molar-refractivity contribution is 5.83. The van der Waals surface area contributed by atoms with E-state index in [1.807, 2.05) is 13.8 Å². The van der Waals surface area contributed by atoms with E-state index < -0.39 is 12.0 Å². The Hall–Kier alpha value is -1.14. The molecule has 4 saturated carbocycles. The second-order valence-electron chi connectivity index (χ2n) is 13.5. The molecule has 0 radical (unpaired) electrons. The van der Waals surface area contributed by atoms with Gasteiger partial charge in [-0.25, -0.2) is 4.79 Å². The van der Waals surface area contributed by atoms with Crippen LogP contribution in [-0.4, -0.2) is 45.4 Å². The summed E-state index contributed by atoms with van der Waals surface area (Å²) >= 11 is 0. The first-order chi connectivity index (χ1) is 16.4. The van der Waals surface area contributed by atoms with Crippen molar-refractivity contribution in [3.05, 3.63) is 0 Å². The van der Waals surface area contributed by atoms with Crippen molar-refractivity contribution in [2.24, 2.45) is 52.3 Å². The Labute approximate surface area is 211 Å². The first-order valence-electron chi connectivity index (χ1n) is 14.3. The van der Waals surface area contributed by atoms with Crippen LogP contribution < -0.4 is 5.32 Å². The van der Waals surface area contributed by atoms with E-state index in [0.717, 1.165) is 44.9 Å². The van der Waals surface area contributed by atoms with Crippen LogP contribution in [0.3, 0.4) is 0 Å². The van der Waals surface area contributed by atoms with Crippen molar-refractivity contribution in [1.29, 1.82) is 0 Å². The molecule has 200 valence electrons. The molecule has 11 atom stereocenters. The van der Waals surface area contributed by atoms with E-state index in [-0.39, 0.29) is 34.9 Å². The van der Waals surface area contributed by atoms with Gasteiger partial charge in [-0.3, -0.25) is 4.79 Å². The first-order valence-corrected chi connectivity index (χ1v) is 14.3. The molecule has 6 heteroatoms. The van der Waals surface area contributed by atoms with Gasteiger partial charge in [0.1, 0.15) is 6.04 Å². The number of carboxylic acid groups (broad SMARTS) is 1. The smallest absolute Gasteiger partial charge is 0.326 e. The van der Waals surface area contributed by atoms with Gasteiger partial charge in [-0.1, -0.05) is 34.6 Å². The number of fused-ring (bicyclic) bond motifs is 5. The van der Waals surface area contributed by atoms with Gasteiger partial charge in [0.15, 0.2) is 0 Å². The molecule has 0 saturated heterocycles. The summed E-state index contributed by atoms with van der Waals surface area (Å²) in [5.41, 5.74) is 0.124. The maximum atomic E-state index is 12.5. The molecule has 4 rings (SSSR count). The molecular weight excluding hydrogens is 442 g/mol. The van der Waals surface area contributed by atoms with E-state index in [9.17, 15) is 24.9 Å². The van der Waals surface area contributed by atoms with Crippen molar-refractivity contribution in [3.8, 4) is 0 Å². The van der Waals surface area contributed by atoms with Crippen LogP contribution in [0.5, 0.6) is 0 Å². The maximum Gasteiger partial charge on any atom is 0.326 e. The van der Waals surface area contributed by atoms with Gasteiger partial charge in [0.2, 0.25) is 5.91 Å². The number of carboxylic acids is 1. The molecule has 1 amide bonds. The first kappa shape index (κ1) is 26.9. The van der Waals surface area contributed by atoms with Gasteiger partial charge in [0, 0.05) is 6.42 Å². The van der Waals surface area contributed by atoms with Crippen molar-refractivity contribution >= 4 is 11.9 Å². The van der Waals surface area contributed by atoms with Crippen LogP contribution in [0.2, 0.25) is 0 Å². The standard InChI is InChI=1S/C29H49NO5/c1-16(2)26(27(34)35)30-25(33)11-6-17(3)21-9-10-22-20-8-7-18-14-19(31)12-13-28(18,4)23(20)15-24(32)29(21,22)5/h16-24,26,31-32H,6-15H2,1-5H3,(H,30,33)(H,34,35). The molecular formula is C29H49NO5. The maximum absolute atomic E-state index is 12.5. The van der Waals surface area contributed by atoms with Gasteiger partial charge in [0.05, 0.1) is 12.2 Å². The third-order valence-corrected chi connectivity index (χ3v) is 11.6. The topological polar surface area (TPSA) is 107 Å². The number of aliphatic hydroxyl groups excluding tert-OH is 2. The average molecular weight is 492 g/mol. The molecule has 6 nitrogen and oxygen atoms in total. The summed E-state index contributed by atoms with van der Waals surface area (Å²) < 4.78 is 0. The minimum absolute atomic E-state index is 0.115. The van der Waals surface area contributed by atoms with Crippen LogP contribution in [0, 0.1) is 52.3 Å². The highest BCUT2D eigenvalue weighted by Gasteiger charge is 2.63. The quantitative estimate of drug-likeness (QED) is 0.416. The number of carbonyl (C=O) groups excluding carboxylic acids is 1. The molecule has 0 heterocycles. The normalized spacial score (nSPS) is 44.6. The summed E-state index contributed by atoms with van der Waals surface area (Å²) in [6, 6.07) is -0.847. The van der Waals surface area contributed by atoms with E-state index in [4.69, 9.17) is 0 Å². The number of aliphatic hydroxyl groups is 2. The molecule has 0 spiro atoms.